The molecule has 0 saturated heterocycles. The van der Waals surface area contributed by atoms with Crippen molar-refractivity contribution in [3.05, 3.63) is 42.1 Å². The number of phenolic OH excluding ortho intramolecular Hbond substituents is 1. The Hall–Kier alpha value is -2.89. The van der Waals surface area contributed by atoms with Crippen LogP contribution in [-0.2, 0) is 0 Å². The van der Waals surface area contributed by atoms with Crippen LogP contribution in [-0.4, -0.2) is 27.3 Å². The third-order valence-electron chi connectivity index (χ3n) is 3.07. The number of hydrogen-bond acceptors (Lipinski definition) is 6. The maximum absolute atomic E-state index is 9.79. The normalized spacial score (nSPS) is 10.6. The van der Waals surface area contributed by atoms with E-state index in [1.54, 1.807) is 18.3 Å². The number of aromatic hydroxyl groups is 1. The average molecular weight is 283 g/mol. The Balaban J connectivity index is 1.99. The summed E-state index contributed by atoms with van der Waals surface area (Å²) in [6.45, 7) is 1.93. The first-order valence-corrected chi connectivity index (χ1v) is 6.32. The van der Waals surface area contributed by atoms with Crippen molar-refractivity contribution >= 4 is 0 Å². The smallest absolute Gasteiger partial charge is 0.258 e. The maximum atomic E-state index is 9.79. The molecule has 0 amide bonds. The van der Waals surface area contributed by atoms with E-state index in [9.17, 15) is 5.11 Å². The summed E-state index contributed by atoms with van der Waals surface area (Å²) in [7, 11) is 1.49. The quantitative estimate of drug-likeness (QED) is 0.796. The van der Waals surface area contributed by atoms with E-state index in [1.807, 2.05) is 19.1 Å². The molecule has 0 saturated carbocycles. The van der Waals surface area contributed by atoms with Gasteiger partial charge in [0.1, 0.15) is 5.69 Å². The van der Waals surface area contributed by atoms with Crippen LogP contribution in [0.15, 0.2) is 41.1 Å². The van der Waals surface area contributed by atoms with Crippen LogP contribution in [0, 0.1) is 6.92 Å². The predicted octanol–water partition coefficient (Wildman–Crippen LogP) is 2.82. The van der Waals surface area contributed by atoms with Crippen LogP contribution in [0.25, 0.3) is 23.0 Å². The van der Waals surface area contributed by atoms with Crippen LogP contribution in [0.4, 0.5) is 0 Å². The summed E-state index contributed by atoms with van der Waals surface area (Å²) < 4.78 is 10.2. The highest BCUT2D eigenvalue weighted by molar-refractivity contribution is 5.62. The Morgan fingerprint density at radius 1 is 1.24 bits per heavy atom. The lowest BCUT2D eigenvalue weighted by molar-refractivity contribution is 0.373. The first-order valence-electron chi connectivity index (χ1n) is 6.32. The number of methoxy groups -OCH3 is 1. The van der Waals surface area contributed by atoms with Gasteiger partial charge in [-0.1, -0.05) is 11.2 Å². The fourth-order valence-corrected chi connectivity index (χ4v) is 1.98. The van der Waals surface area contributed by atoms with E-state index in [2.05, 4.69) is 15.1 Å². The molecule has 3 rings (SSSR count). The standard InChI is InChI=1S/C15H13N3O3/c1-9-4-3-7-16-13(9)14-17-15(21-18-14)10-5-6-12(20-2)11(19)8-10/h3-8,19H,1-2H3. The molecule has 21 heavy (non-hydrogen) atoms. The number of pyridine rings is 1. The summed E-state index contributed by atoms with van der Waals surface area (Å²) in [6.07, 6.45) is 1.68. The van der Waals surface area contributed by atoms with Gasteiger partial charge in [0, 0.05) is 11.8 Å². The van der Waals surface area contributed by atoms with Crippen LogP contribution in [0.2, 0.25) is 0 Å². The molecule has 0 radical (unpaired) electrons. The van der Waals surface area contributed by atoms with Crippen LogP contribution in [0.3, 0.4) is 0 Å². The number of ether oxygens (including phenoxy) is 1. The van der Waals surface area contributed by atoms with Gasteiger partial charge in [-0.3, -0.25) is 4.98 Å². The first-order chi connectivity index (χ1) is 10.2. The van der Waals surface area contributed by atoms with E-state index in [-0.39, 0.29) is 5.75 Å². The number of benzene rings is 1. The summed E-state index contributed by atoms with van der Waals surface area (Å²) in [5.74, 6) is 1.13. The molecule has 2 heterocycles. The van der Waals surface area contributed by atoms with Gasteiger partial charge in [-0.2, -0.15) is 4.98 Å². The zero-order chi connectivity index (χ0) is 14.8. The lowest BCUT2D eigenvalue weighted by Gasteiger charge is -2.03. The molecular weight excluding hydrogens is 270 g/mol. The maximum Gasteiger partial charge on any atom is 0.258 e. The van der Waals surface area contributed by atoms with Crippen molar-refractivity contribution in [2.75, 3.05) is 7.11 Å². The fraction of sp³-hybridized carbons (Fsp3) is 0.133. The average Bonchev–Trinajstić information content (AvgIpc) is 2.97. The monoisotopic (exact) mass is 283 g/mol. The van der Waals surface area contributed by atoms with E-state index < -0.39 is 0 Å². The van der Waals surface area contributed by atoms with Crippen molar-refractivity contribution in [2.45, 2.75) is 6.92 Å². The molecule has 2 aromatic heterocycles. The Kier molecular flexibility index (Phi) is 3.27. The van der Waals surface area contributed by atoms with E-state index in [1.165, 1.54) is 13.2 Å². The highest BCUT2D eigenvalue weighted by Gasteiger charge is 2.14. The van der Waals surface area contributed by atoms with E-state index in [4.69, 9.17) is 9.26 Å². The minimum Gasteiger partial charge on any atom is -0.504 e. The third-order valence-corrected chi connectivity index (χ3v) is 3.07. The number of nitrogens with zero attached hydrogens (tertiary/aromatic N) is 3. The van der Waals surface area contributed by atoms with Crippen molar-refractivity contribution in [3.8, 4) is 34.5 Å². The molecule has 0 fully saturated rings. The molecule has 0 bridgehead atoms. The van der Waals surface area contributed by atoms with Crippen LogP contribution >= 0.6 is 0 Å². The molecule has 3 aromatic rings. The highest BCUT2D eigenvalue weighted by Crippen LogP contribution is 2.31. The molecule has 0 aliphatic rings. The van der Waals surface area contributed by atoms with Gasteiger partial charge in [-0.15, -0.1) is 0 Å². The molecule has 0 atom stereocenters. The fourth-order valence-electron chi connectivity index (χ4n) is 1.98. The highest BCUT2D eigenvalue weighted by atomic mass is 16.5. The summed E-state index contributed by atoms with van der Waals surface area (Å²) in [5, 5.41) is 13.7. The van der Waals surface area contributed by atoms with Gasteiger partial charge in [-0.25, -0.2) is 0 Å². The van der Waals surface area contributed by atoms with Gasteiger partial charge in [0.15, 0.2) is 11.5 Å². The van der Waals surface area contributed by atoms with E-state index in [0.717, 1.165) is 5.56 Å². The van der Waals surface area contributed by atoms with Gasteiger partial charge in [-0.05, 0) is 36.8 Å². The molecule has 106 valence electrons. The summed E-state index contributed by atoms with van der Waals surface area (Å²) in [5.41, 5.74) is 2.24. The largest absolute Gasteiger partial charge is 0.504 e. The summed E-state index contributed by atoms with van der Waals surface area (Å²) in [6, 6.07) is 8.67. The molecule has 0 unspecified atom stereocenters. The molecular formula is C15H13N3O3. The number of aryl methyl sites for hydroxylation is 1. The minimum absolute atomic E-state index is 0.0174. The van der Waals surface area contributed by atoms with Crippen molar-refractivity contribution in [2.24, 2.45) is 0 Å². The number of rotatable bonds is 3. The molecule has 1 aromatic carbocycles. The second kappa shape index (κ2) is 5.24. The van der Waals surface area contributed by atoms with Crippen molar-refractivity contribution < 1.29 is 14.4 Å². The van der Waals surface area contributed by atoms with Gasteiger partial charge < -0.3 is 14.4 Å². The van der Waals surface area contributed by atoms with Crippen LogP contribution in [0.5, 0.6) is 11.5 Å². The van der Waals surface area contributed by atoms with Gasteiger partial charge in [0.05, 0.1) is 7.11 Å². The molecule has 0 aliphatic heterocycles. The lowest BCUT2D eigenvalue weighted by Crippen LogP contribution is -1.89. The number of aromatic nitrogens is 3. The minimum atomic E-state index is 0.0174. The molecule has 6 nitrogen and oxygen atoms in total. The zero-order valence-corrected chi connectivity index (χ0v) is 11.6. The Morgan fingerprint density at radius 3 is 2.81 bits per heavy atom. The first kappa shape index (κ1) is 13.1. The predicted molar refractivity (Wildman–Crippen MR) is 75.9 cm³/mol. The van der Waals surface area contributed by atoms with E-state index >= 15 is 0 Å². The van der Waals surface area contributed by atoms with Gasteiger partial charge in [0.2, 0.25) is 5.82 Å². The second-order valence-corrected chi connectivity index (χ2v) is 4.48. The molecule has 6 heteroatoms. The Bertz CT molecular complexity index is 783. The SMILES string of the molecule is COc1ccc(-c2nc(-c3ncccc3C)no2)cc1O. The number of phenols is 1. The topological polar surface area (TPSA) is 81.3 Å². The Morgan fingerprint density at radius 2 is 2.10 bits per heavy atom. The molecule has 0 aliphatic carbocycles. The Labute approximate surface area is 121 Å². The molecule has 0 spiro atoms. The van der Waals surface area contributed by atoms with Crippen molar-refractivity contribution in [1.82, 2.24) is 15.1 Å². The van der Waals surface area contributed by atoms with Crippen molar-refractivity contribution in [3.63, 3.8) is 0 Å². The lowest BCUT2D eigenvalue weighted by atomic mass is 10.2. The van der Waals surface area contributed by atoms with E-state index in [0.29, 0.717) is 28.7 Å². The van der Waals surface area contributed by atoms with Crippen LogP contribution < -0.4 is 4.74 Å². The van der Waals surface area contributed by atoms with Crippen LogP contribution in [0.1, 0.15) is 5.56 Å². The second-order valence-electron chi connectivity index (χ2n) is 4.48. The number of hydrogen-bond donors (Lipinski definition) is 1. The molecule has 1 N–H and O–H groups in total. The zero-order valence-electron chi connectivity index (χ0n) is 11.6. The summed E-state index contributed by atoms with van der Waals surface area (Å²) >= 11 is 0. The summed E-state index contributed by atoms with van der Waals surface area (Å²) in [4.78, 5) is 8.56. The third kappa shape index (κ3) is 2.43. The van der Waals surface area contributed by atoms with Gasteiger partial charge >= 0.3 is 0 Å². The van der Waals surface area contributed by atoms with Crippen molar-refractivity contribution in [1.29, 1.82) is 0 Å². The van der Waals surface area contributed by atoms with Gasteiger partial charge in [0.25, 0.3) is 5.89 Å².